The first-order valence-electron chi connectivity index (χ1n) is 4.77. The third-order valence-electron chi connectivity index (χ3n) is 2.05. The molecule has 0 bridgehead atoms. The molecule has 82 valence electrons. The Kier molecular flexibility index (Phi) is 3.68. The molecule has 15 heavy (non-hydrogen) atoms. The van der Waals surface area contributed by atoms with E-state index in [4.69, 9.17) is 0 Å². The summed E-state index contributed by atoms with van der Waals surface area (Å²) in [7, 11) is 3.36. The molecule has 4 nitrogen and oxygen atoms in total. The van der Waals surface area contributed by atoms with E-state index in [0.29, 0.717) is 0 Å². The van der Waals surface area contributed by atoms with Crippen LogP contribution in [-0.4, -0.2) is 30.1 Å². The Morgan fingerprint density at radius 2 is 1.87 bits per heavy atom. The van der Waals surface area contributed by atoms with Gasteiger partial charge in [0.2, 0.25) is 0 Å². The van der Waals surface area contributed by atoms with Crippen LogP contribution in [0.5, 0.6) is 0 Å². The fraction of sp³-hybridized carbons (Fsp3) is 0.364. The van der Waals surface area contributed by atoms with Crippen LogP contribution in [0.3, 0.4) is 0 Å². The van der Waals surface area contributed by atoms with E-state index in [0.717, 1.165) is 11.3 Å². The highest BCUT2D eigenvalue weighted by molar-refractivity contribution is 5.88. The average molecular weight is 208 g/mol. The number of urea groups is 1. The number of amides is 2. The number of rotatable bonds is 2. The maximum Gasteiger partial charge on any atom is 0.321 e. The molecule has 0 saturated heterocycles. The summed E-state index contributed by atoms with van der Waals surface area (Å²) in [5.74, 6) is 0. The molecule has 0 spiro atoms. The molecule has 0 saturated carbocycles. The standard InChI is InChI=1S/C11H16N2O2/c1-8(14)9-4-6-10(7-5-9)12-11(15)13(2)3/h4-8,14H,1-3H3,(H,12,15). The van der Waals surface area contributed by atoms with Crippen LogP contribution in [-0.2, 0) is 0 Å². The van der Waals surface area contributed by atoms with Crippen LogP contribution in [0, 0.1) is 0 Å². The Morgan fingerprint density at radius 1 is 1.33 bits per heavy atom. The number of hydrogen-bond donors (Lipinski definition) is 2. The first kappa shape index (κ1) is 11.5. The maximum atomic E-state index is 11.3. The highest BCUT2D eigenvalue weighted by Crippen LogP contribution is 2.15. The Labute approximate surface area is 89.5 Å². The van der Waals surface area contributed by atoms with E-state index in [1.54, 1.807) is 45.3 Å². The van der Waals surface area contributed by atoms with E-state index >= 15 is 0 Å². The largest absolute Gasteiger partial charge is 0.389 e. The Balaban J connectivity index is 2.69. The van der Waals surface area contributed by atoms with E-state index in [1.807, 2.05) is 0 Å². The van der Waals surface area contributed by atoms with E-state index in [9.17, 15) is 9.90 Å². The summed E-state index contributed by atoms with van der Waals surface area (Å²) in [6, 6.07) is 6.94. The van der Waals surface area contributed by atoms with Crippen molar-refractivity contribution < 1.29 is 9.90 Å². The zero-order valence-corrected chi connectivity index (χ0v) is 9.19. The molecule has 0 aliphatic heterocycles. The molecule has 1 aromatic carbocycles. The van der Waals surface area contributed by atoms with Gasteiger partial charge in [0, 0.05) is 19.8 Å². The van der Waals surface area contributed by atoms with Gasteiger partial charge in [-0.25, -0.2) is 4.79 Å². The minimum Gasteiger partial charge on any atom is -0.389 e. The Bertz CT molecular complexity index is 331. The van der Waals surface area contributed by atoms with Crippen molar-refractivity contribution in [2.24, 2.45) is 0 Å². The molecular weight excluding hydrogens is 192 g/mol. The number of nitrogens with zero attached hydrogens (tertiary/aromatic N) is 1. The zero-order chi connectivity index (χ0) is 11.4. The molecule has 1 atom stereocenters. The van der Waals surface area contributed by atoms with Crippen molar-refractivity contribution in [2.75, 3.05) is 19.4 Å². The number of aliphatic hydroxyl groups excluding tert-OH is 1. The second-order valence-electron chi connectivity index (χ2n) is 3.62. The molecule has 0 aliphatic rings. The summed E-state index contributed by atoms with van der Waals surface area (Å²) >= 11 is 0. The van der Waals surface area contributed by atoms with Crippen LogP contribution in [0.1, 0.15) is 18.6 Å². The predicted molar refractivity (Wildman–Crippen MR) is 59.8 cm³/mol. The molecule has 0 aliphatic carbocycles. The van der Waals surface area contributed by atoms with Gasteiger partial charge in [-0.1, -0.05) is 12.1 Å². The number of hydrogen-bond acceptors (Lipinski definition) is 2. The molecule has 1 unspecified atom stereocenters. The SMILES string of the molecule is CC(O)c1ccc(NC(=O)N(C)C)cc1. The predicted octanol–water partition coefficient (Wildman–Crippen LogP) is 1.83. The molecule has 4 heteroatoms. The highest BCUT2D eigenvalue weighted by Gasteiger charge is 2.04. The number of carbonyl (C=O) groups excluding carboxylic acids is 1. The van der Waals surface area contributed by atoms with Gasteiger partial charge in [-0.05, 0) is 24.6 Å². The Hall–Kier alpha value is -1.55. The lowest BCUT2D eigenvalue weighted by molar-refractivity contribution is 0.199. The van der Waals surface area contributed by atoms with Gasteiger partial charge in [0.1, 0.15) is 0 Å². The number of nitrogens with one attached hydrogen (secondary N) is 1. The van der Waals surface area contributed by atoms with Gasteiger partial charge in [0.15, 0.2) is 0 Å². The molecule has 2 amide bonds. The number of benzene rings is 1. The molecule has 0 fully saturated rings. The topological polar surface area (TPSA) is 52.6 Å². The van der Waals surface area contributed by atoms with Crippen molar-refractivity contribution in [2.45, 2.75) is 13.0 Å². The number of carbonyl (C=O) groups is 1. The third kappa shape index (κ3) is 3.25. The van der Waals surface area contributed by atoms with Crippen LogP contribution in [0.15, 0.2) is 24.3 Å². The van der Waals surface area contributed by atoms with E-state index in [2.05, 4.69) is 5.32 Å². The molecule has 0 heterocycles. The second-order valence-corrected chi connectivity index (χ2v) is 3.62. The van der Waals surface area contributed by atoms with Gasteiger partial charge in [0.05, 0.1) is 6.10 Å². The van der Waals surface area contributed by atoms with Crippen molar-refractivity contribution in [3.63, 3.8) is 0 Å². The van der Waals surface area contributed by atoms with Crippen LogP contribution >= 0.6 is 0 Å². The first-order valence-corrected chi connectivity index (χ1v) is 4.77. The van der Waals surface area contributed by atoms with Crippen molar-refractivity contribution in [3.05, 3.63) is 29.8 Å². The minimum atomic E-state index is -0.483. The summed E-state index contributed by atoms with van der Waals surface area (Å²) in [5.41, 5.74) is 1.55. The fourth-order valence-electron chi connectivity index (χ4n) is 1.08. The first-order chi connectivity index (χ1) is 7.00. The van der Waals surface area contributed by atoms with E-state index in [-0.39, 0.29) is 6.03 Å². The second kappa shape index (κ2) is 4.79. The van der Waals surface area contributed by atoms with Gasteiger partial charge in [-0.2, -0.15) is 0 Å². The molecule has 0 radical (unpaired) electrons. The molecule has 1 aromatic rings. The van der Waals surface area contributed by atoms with Gasteiger partial charge in [0.25, 0.3) is 0 Å². The lowest BCUT2D eigenvalue weighted by atomic mass is 10.1. The molecule has 1 rings (SSSR count). The third-order valence-corrected chi connectivity index (χ3v) is 2.05. The van der Waals surface area contributed by atoms with Crippen molar-refractivity contribution in [3.8, 4) is 0 Å². The van der Waals surface area contributed by atoms with Gasteiger partial charge < -0.3 is 15.3 Å². The van der Waals surface area contributed by atoms with Crippen molar-refractivity contribution >= 4 is 11.7 Å². The van der Waals surface area contributed by atoms with E-state index in [1.165, 1.54) is 4.90 Å². The molecule has 2 N–H and O–H groups in total. The highest BCUT2D eigenvalue weighted by atomic mass is 16.3. The lowest BCUT2D eigenvalue weighted by Gasteiger charge is -2.12. The zero-order valence-electron chi connectivity index (χ0n) is 9.19. The summed E-state index contributed by atoms with van der Waals surface area (Å²) in [6.45, 7) is 1.70. The van der Waals surface area contributed by atoms with Gasteiger partial charge in [-0.3, -0.25) is 0 Å². The lowest BCUT2D eigenvalue weighted by Crippen LogP contribution is -2.27. The summed E-state index contributed by atoms with van der Waals surface area (Å²) in [5, 5.41) is 12.0. The quantitative estimate of drug-likeness (QED) is 0.779. The van der Waals surface area contributed by atoms with Crippen LogP contribution in [0.25, 0.3) is 0 Å². The average Bonchev–Trinajstić information content (AvgIpc) is 2.18. The van der Waals surface area contributed by atoms with Crippen LogP contribution in [0.2, 0.25) is 0 Å². The summed E-state index contributed by atoms with van der Waals surface area (Å²) in [6.07, 6.45) is -0.483. The van der Waals surface area contributed by atoms with Crippen LogP contribution in [0.4, 0.5) is 10.5 Å². The monoisotopic (exact) mass is 208 g/mol. The maximum absolute atomic E-state index is 11.3. The number of aliphatic hydroxyl groups is 1. The normalized spacial score (nSPS) is 12.0. The molecule has 0 aromatic heterocycles. The fourth-order valence-corrected chi connectivity index (χ4v) is 1.08. The minimum absolute atomic E-state index is 0.167. The smallest absolute Gasteiger partial charge is 0.321 e. The van der Waals surface area contributed by atoms with Crippen molar-refractivity contribution in [1.82, 2.24) is 4.90 Å². The summed E-state index contributed by atoms with van der Waals surface area (Å²) in [4.78, 5) is 12.8. The number of anilines is 1. The Morgan fingerprint density at radius 3 is 2.27 bits per heavy atom. The molecular formula is C11H16N2O2. The van der Waals surface area contributed by atoms with Crippen LogP contribution < -0.4 is 5.32 Å². The van der Waals surface area contributed by atoms with Crippen molar-refractivity contribution in [1.29, 1.82) is 0 Å². The van der Waals surface area contributed by atoms with Gasteiger partial charge >= 0.3 is 6.03 Å². The van der Waals surface area contributed by atoms with Gasteiger partial charge in [-0.15, -0.1) is 0 Å². The summed E-state index contributed by atoms with van der Waals surface area (Å²) < 4.78 is 0. The van der Waals surface area contributed by atoms with E-state index < -0.39 is 6.10 Å².